The van der Waals surface area contributed by atoms with E-state index in [1.165, 1.54) is 6.07 Å². The van der Waals surface area contributed by atoms with Gasteiger partial charge in [0.25, 0.3) is 0 Å². The standard InChI is InChI=1S/C17H13FN4O/c18-13-7-3-1-5-11(13)17-12-6-2-4-8-14(12)22-15(9-19-17)20-21-16(22)10-23/h1-8,23H,9-10H2. The highest BCUT2D eigenvalue weighted by molar-refractivity contribution is 6.15. The maximum atomic E-state index is 14.2. The molecule has 0 aliphatic carbocycles. The van der Waals surface area contributed by atoms with Crippen LogP contribution >= 0.6 is 0 Å². The van der Waals surface area contributed by atoms with Crippen molar-refractivity contribution < 1.29 is 9.50 Å². The van der Waals surface area contributed by atoms with E-state index >= 15 is 0 Å². The molecular formula is C17H13FN4O. The van der Waals surface area contributed by atoms with Crippen LogP contribution < -0.4 is 0 Å². The van der Waals surface area contributed by atoms with Crippen molar-refractivity contribution in [1.29, 1.82) is 0 Å². The summed E-state index contributed by atoms with van der Waals surface area (Å²) in [6.07, 6.45) is 0. The predicted octanol–water partition coefficient (Wildman–Crippen LogP) is 2.25. The molecule has 3 aromatic rings. The SMILES string of the molecule is OCc1nnc2n1-c1ccccc1C(c1ccccc1F)=NC2. The first-order valence-corrected chi connectivity index (χ1v) is 7.22. The second-order valence-electron chi connectivity index (χ2n) is 5.19. The summed E-state index contributed by atoms with van der Waals surface area (Å²) < 4.78 is 16.0. The molecule has 0 unspecified atom stereocenters. The highest BCUT2D eigenvalue weighted by Gasteiger charge is 2.23. The Morgan fingerprint density at radius 3 is 2.52 bits per heavy atom. The molecule has 2 aromatic carbocycles. The Morgan fingerprint density at radius 2 is 1.74 bits per heavy atom. The zero-order chi connectivity index (χ0) is 15.8. The van der Waals surface area contributed by atoms with Crippen LogP contribution in [0.1, 0.15) is 22.8 Å². The molecule has 0 radical (unpaired) electrons. The second-order valence-corrected chi connectivity index (χ2v) is 5.19. The van der Waals surface area contributed by atoms with Gasteiger partial charge in [-0.3, -0.25) is 9.56 Å². The molecule has 5 nitrogen and oxygen atoms in total. The van der Waals surface area contributed by atoms with E-state index in [1.807, 2.05) is 24.3 Å². The molecule has 0 atom stereocenters. The average Bonchev–Trinajstić information content (AvgIpc) is 2.92. The van der Waals surface area contributed by atoms with Gasteiger partial charge in [-0.1, -0.05) is 30.3 Å². The summed E-state index contributed by atoms with van der Waals surface area (Å²) in [6, 6.07) is 14.1. The van der Waals surface area contributed by atoms with Crippen molar-refractivity contribution in [2.24, 2.45) is 4.99 Å². The summed E-state index contributed by atoms with van der Waals surface area (Å²) in [5, 5.41) is 17.6. The Labute approximate surface area is 131 Å². The van der Waals surface area contributed by atoms with E-state index in [9.17, 15) is 9.50 Å². The summed E-state index contributed by atoms with van der Waals surface area (Å²) in [7, 11) is 0. The summed E-state index contributed by atoms with van der Waals surface area (Å²) in [6.45, 7) is 0.0434. The van der Waals surface area contributed by atoms with Gasteiger partial charge in [0.1, 0.15) is 19.0 Å². The summed E-state index contributed by atoms with van der Waals surface area (Å²) >= 11 is 0. The first-order valence-electron chi connectivity index (χ1n) is 7.22. The smallest absolute Gasteiger partial charge is 0.163 e. The van der Waals surface area contributed by atoms with Crippen molar-refractivity contribution in [2.45, 2.75) is 13.2 Å². The molecular weight excluding hydrogens is 295 g/mol. The fourth-order valence-corrected chi connectivity index (χ4v) is 2.82. The maximum Gasteiger partial charge on any atom is 0.163 e. The molecule has 1 N–H and O–H groups in total. The Bertz CT molecular complexity index is 916. The summed E-state index contributed by atoms with van der Waals surface area (Å²) in [5.41, 5.74) is 2.60. The minimum absolute atomic E-state index is 0.226. The molecule has 0 saturated heterocycles. The second kappa shape index (κ2) is 5.40. The van der Waals surface area contributed by atoms with Gasteiger partial charge in [0.15, 0.2) is 11.6 Å². The van der Waals surface area contributed by atoms with Gasteiger partial charge in [-0.15, -0.1) is 10.2 Å². The van der Waals surface area contributed by atoms with Gasteiger partial charge in [0.2, 0.25) is 0 Å². The van der Waals surface area contributed by atoms with Crippen molar-refractivity contribution >= 4 is 5.71 Å². The number of aliphatic hydroxyl groups is 1. The van der Waals surface area contributed by atoms with Crippen molar-refractivity contribution in [3.63, 3.8) is 0 Å². The lowest BCUT2D eigenvalue weighted by molar-refractivity contribution is 0.268. The number of aliphatic hydroxyl groups excluding tert-OH is 1. The third kappa shape index (κ3) is 2.15. The van der Waals surface area contributed by atoms with Crippen LogP contribution in [0.5, 0.6) is 0 Å². The van der Waals surface area contributed by atoms with Crippen molar-refractivity contribution in [1.82, 2.24) is 14.8 Å². The highest BCUT2D eigenvalue weighted by Crippen LogP contribution is 2.26. The highest BCUT2D eigenvalue weighted by atomic mass is 19.1. The maximum absolute atomic E-state index is 14.2. The monoisotopic (exact) mass is 308 g/mol. The molecule has 0 spiro atoms. The third-order valence-corrected chi connectivity index (χ3v) is 3.85. The van der Waals surface area contributed by atoms with Crippen LogP contribution in [0.25, 0.3) is 5.69 Å². The average molecular weight is 308 g/mol. The normalized spacial score (nSPS) is 13.0. The topological polar surface area (TPSA) is 63.3 Å². The van der Waals surface area contributed by atoms with Crippen LogP contribution in [0.4, 0.5) is 4.39 Å². The zero-order valence-electron chi connectivity index (χ0n) is 12.1. The lowest BCUT2D eigenvalue weighted by atomic mass is 10.00. The van der Waals surface area contributed by atoms with Gasteiger partial charge in [0, 0.05) is 11.1 Å². The van der Waals surface area contributed by atoms with E-state index in [2.05, 4.69) is 15.2 Å². The molecule has 0 saturated carbocycles. The van der Waals surface area contributed by atoms with Crippen molar-refractivity contribution in [3.05, 3.63) is 77.1 Å². The lowest BCUT2D eigenvalue weighted by Gasteiger charge is -2.12. The number of rotatable bonds is 2. The third-order valence-electron chi connectivity index (χ3n) is 3.85. The summed E-state index contributed by atoms with van der Waals surface area (Å²) in [5.74, 6) is 0.742. The largest absolute Gasteiger partial charge is 0.388 e. The zero-order valence-corrected chi connectivity index (χ0v) is 12.1. The Kier molecular flexibility index (Phi) is 3.24. The summed E-state index contributed by atoms with van der Waals surface area (Å²) in [4.78, 5) is 4.56. The van der Waals surface area contributed by atoms with Gasteiger partial charge in [0.05, 0.1) is 11.4 Å². The predicted molar refractivity (Wildman–Crippen MR) is 83.0 cm³/mol. The van der Waals surface area contributed by atoms with E-state index in [0.29, 0.717) is 22.9 Å². The van der Waals surface area contributed by atoms with Gasteiger partial charge < -0.3 is 5.11 Å². The molecule has 23 heavy (non-hydrogen) atoms. The Morgan fingerprint density at radius 1 is 1.00 bits per heavy atom. The first-order chi connectivity index (χ1) is 11.3. The van der Waals surface area contributed by atoms with Crippen LogP contribution in [-0.4, -0.2) is 25.6 Å². The molecule has 6 heteroatoms. The van der Waals surface area contributed by atoms with E-state index in [0.717, 1.165) is 11.3 Å². The first kappa shape index (κ1) is 13.8. The molecule has 114 valence electrons. The number of aliphatic imine (C=N–C) groups is 1. The van der Waals surface area contributed by atoms with Crippen LogP contribution in [0.2, 0.25) is 0 Å². The van der Waals surface area contributed by atoms with Crippen molar-refractivity contribution in [2.75, 3.05) is 0 Å². The van der Waals surface area contributed by atoms with E-state index in [1.54, 1.807) is 22.8 Å². The number of nitrogens with zero attached hydrogens (tertiary/aromatic N) is 4. The van der Waals surface area contributed by atoms with Crippen LogP contribution in [-0.2, 0) is 13.2 Å². The fraction of sp³-hybridized carbons (Fsp3) is 0.118. The molecule has 0 fully saturated rings. The van der Waals surface area contributed by atoms with Gasteiger partial charge in [-0.05, 0) is 18.2 Å². The van der Waals surface area contributed by atoms with E-state index in [4.69, 9.17) is 0 Å². The number of aromatic nitrogens is 3. The number of para-hydroxylation sites is 1. The van der Waals surface area contributed by atoms with Crippen LogP contribution in [0.15, 0.2) is 53.5 Å². The molecule has 4 rings (SSSR count). The Balaban J connectivity index is 1.99. The lowest BCUT2D eigenvalue weighted by Crippen LogP contribution is -2.10. The van der Waals surface area contributed by atoms with Gasteiger partial charge in [-0.25, -0.2) is 4.39 Å². The number of hydrogen-bond acceptors (Lipinski definition) is 4. The molecule has 0 amide bonds. The van der Waals surface area contributed by atoms with E-state index < -0.39 is 0 Å². The Hall–Kier alpha value is -2.86. The molecule has 0 bridgehead atoms. The number of halogens is 1. The molecule has 1 aliphatic heterocycles. The van der Waals surface area contributed by atoms with Crippen molar-refractivity contribution in [3.8, 4) is 5.69 Å². The molecule has 1 aromatic heterocycles. The fourth-order valence-electron chi connectivity index (χ4n) is 2.82. The number of fused-ring (bicyclic) bond motifs is 3. The quantitative estimate of drug-likeness (QED) is 0.790. The van der Waals surface area contributed by atoms with Gasteiger partial charge in [-0.2, -0.15) is 0 Å². The van der Waals surface area contributed by atoms with Crippen LogP contribution in [0, 0.1) is 5.82 Å². The number of benzene rings is 2. The van der Waals surface area contributed by atoms with E-state index in [-0.39, 0.29) is 19.0 Å². The number of hydrogen-bond donors (Lipinski definition) is 1. The molecule has 1 aliphatic rings. The van der Waals surface area contributed by atoms with Crippen LogP contribution in [0.3, 0.4) is 0 Å². The minimum atomic E-state index is -0.318. The minimum Gasteiger partial charge on any atom is -0.388 e. The van der Waals surface area contributed by atoms with Gasteiger partial charge >= 0.3 is 0 Å². The molecule has 2 heterocycles.